The van der Waals surface area contributed by atoms with Crippen LogP contribution in [0.5, 0.6) is 0 Å². The van der Waals surface area contributed by atoms with Gasteiger partial charge in [-0.25, -0.2) is 0 Å². The van der Waals surface area contributed by atoms with E-state index >= 15 is 0 Å². The van der Waals surface area contributed by atoms with Crippen LogP contribution in [0.15, 0.2) is 36.4 Å². The topological polar surface area (TPSA) is 20.2 Å². The minimum Gasteiger partial charge on any atom is -0.388 e. The Bertz CT molecular complexity index is 516. The summed E-state index contributed by atoms with van der Waals surface area (Å²) in [6.45, 7) is 2.18. The van der Waals surface area contributed by atoms with Gasteiger partial charge in [-0.1, -0.05) is 43.3 Å². The normalized spacial score (nSPS) is 24.4. The van der Waals surface area contributed by atoms with Gasteiger partial charge in [0.25, 0.3) is 0 Å². The smallest absolute Gasteiger partial charge is 0.0804 e. The summed E-state index contributed by atoms with van der Waals surface area (Å²) in [7, 11) is 0. The fraction of sp³-hybridized carbons (Fsp3) is 0.286. The van der Waals surface area contributed by atoms with Gasteiger partial charge in [-0.3, -0.25) is 0 Å². The summed E-state index contributed by atoms with van der Waals surface area (Å²) in [6, 6.07) is 12.6. The van der Waals surface area contributed by atoms with Crippen LogP contribution in [0, 0.1) is 0 Å². The third kappa shape index (κ3) is 1.20. The maximum absolute atomic E-state index is 10.0. The van der Waals surface area contributed by atoms with E-state index in [-0.39, 0.29) is 6.10 Å². The van der Waals surface area contributed by atoms with Crippen molar-refractivity contribution in [3.8, 4) is 0 Å². The number of rotatable bonds is 0. The molecule has 3 rings (SSSR count). The standard InChI is InChI=1S/C14H14O/c1-9-8-13(15)14-11(9)7-6-10-4-2-3-5-12(10)14/h2-7,9,13,15H,8H2,1H3/t9-,13-/m0/s1. The number of hydrogen-bond acceptors (Lipinski definition) is 1. The molecule has 0 heterocycles. The first kappa shape index (κ1) is 8.93. The van der Waals surface area contributed by atoms with Crippen molar-refractivity contribution in [2.75, 3.05) is 0 Å². The summed E-state index contributed by atoms with van der Waals surface area (Å²) in [4.78, 5) is 0. The van der Waals surface area contributed by atoms with E-state index in [1.807, 2.05) is 12.1 Å². The molecule has 1 N–H and O–H groups in total. The lowest BCUT2D eigenvalue weighted by molar-refractivity contribution is 0.176. The number of aliphatic hydroxyl groups is 1. The van der Waals surface area contributed by atoms with E-state index in [9.17, 15) is 5.11 Å². The minimum atomic E-state index is -0.277. The van der Waals surface area contributed by atoms with Crippen LogP contribution in [0.2, 0.25) is 0 Å². The van der Waals surface area contributed by atoms with Gasteiger partial charge in [0.15, 0.2) is 0 Å². The highest BCUT2D eigenvalue weighted by Crippen LogP contribution is 2.43. The van der Waals surface area contributed by atoms with Crippen LogP contribution in [0.3, 0.4) is 0 Å². The fourth-order valence-electron chi connectivity index (χ4n) is 2.69. The lowest BCUT2D eigenvalue weighted by atomic mass is 9.98. The van der Waals surface area contributed by atoms with Crippen LogP contribution >= 0.6 is 0 Å². The molecular formula is C14H14O. The lowest BCUT2D eigenvalue weighted by Gasteiger charge is -2.08. The van der Waals surface area contributed by atoms with Gasteiger partial charge in [-0.2, -0.15) is 0 Å². The molecule has 0 bridgehead atoms. The number of benzene rings is 2. The molecule has 0 aromatic heterocycles. The van der Waals surface area contributed by atoms with E-state index in [1.54, 1.807) is 0 Å². The van der Waals surface area contributed by atoms with Crippen molar-refractivity contribution in [1.82, 2.24) is 0 Å². The van der Waals surface area contributed by atoms with Crippen molar-refractivity contribution in [2.24, 2.45) is 0 Å². The summed E-state index contributed by atoms with van der Waals surface area (Å²) in [5.41, 5.74) is 2.47. The van der Waals surface area contributed by atoms with E-state index in [2.05, 4.69) is 31.2 Å². The SMILES string of the molecule is C[C@H]1C[C@H](O)c2c1ccc1ccccc21. The summed E-state index contributed by atoms with van der Waals surface area (Å²) >= 11 is 0. The molecular weight excluding hydrogens is 184 g/mol. The van der Waals surface area contributed by atoms with Crippen molar-refractivity contribution < 1.29 is 5.11 Å². The molecule has 0 radical (unpaired) electrons. The zero-order valence-corrected chi connectivity index (χ0v) is 8.77. The summed E-state index contributed by atoms with van der Waals surface area (Å²) < 4.78 is 0. The lowest BCUT2D eigenvalue weighted by Crippen LogP contribution is -1.91. The summed E-state index contributed by atoms with van der Waals surface area (Å²) in [6.07, 6.45) is 0.588. The van der Waals surface area contributed by atoms with Crippen molar-refractivity contribution in [2.45, 2.75) is 25.4 Å². The minimum absolute atomic E-state index is 0.277. The molecule has 1 aliphatic rings. The Morgan fingerprint density at radius 1 is 1.13 bits per heavy atom. The van der Waals surface area contributed by atoms with Gasteiger partial charge in [0, 0.05) is 0 Å². The average Bonchev–Trinajstić information content (AvgIpc) is 2.55. The van der Waals surface area contributed by atoms with Crippen LogP contribution in [-0.4, -0.2) is 5.11 Å². The largest absolute Gasteiger partial charge is 0.388 e. The van der Waals surface area contributed by atoms with Gasteiger partial charge < -0.3 is 5.11 Å². The van der Waals surface area contributed by atoms with Gasteiger partial charge in [0.2, 0.25) is 0 Å². The first-order chi connectivity index (χ1) is 7.27. The van der Waals surface area contributed by atoms with E-state index < -0.39 is 0 Å². The van der Waals surface area contributed by atoms with Gasteiger partial charge in [-0.05, 0) is 34.2 Å². The Balaban J connectivity index is 2.39. The predicted molar refractivity (Wildman–Crippen MR) is 61.9 cm³/mol. The molecule has 0 unspecified atom stereocenters. The number of fused-ring (bicyclic) bond motifs is 3. The van der Waals surface area contributed by atoms with E-state index in [4.69, 9.17) is 0 Å². The second kappa shape index (κ2) is 3.07. The number of hydrogen-bond donors (Lipinski definition) is 1. The maximum Gasteiger partial charge on any atom is 0.0804 e. The molecule has 1 heteroatoms. The van der Waals surface area contributed by atoms with Crippen LogP contribution in [0.4, 0.5) is 0 Å². The summed E-state index contributed by atoms with van der Waals surface area (Å²) in [5, 5.41) is 12.5. The first-order valence-corrected chi connectivity index (χ1v) is 5.47. The van der Waals surface area contributed by atoms with E-state index in [1.165, 1.54) is 16.3 Å². The van der Waals surface area contributed by atoms with Gasteiger partial charge >= 0.3 is 0 Å². The molecule has 1 aliphatic carbocycles. The third-order valence-electron chi connectivity index (χ3n) is 3.45. The molecule has 0 amide bonds. The van der Waals surface area contributed by atoms with Crippen molar-refractivity contribution in [3.05, 3.63) is 47.5 Å². The Morgan fingerprint density at radius 3 is 2.80 bits per heavy atom. The van der Waals surface area contributed by atoms with Crippen LogP contribution in [-0.2, 0) is 0 Å². The molecule has 0 fully saturated rings. The third-order valence-corrected chi connectivity index (χ3v) is 3.45. The van der Waals surface area contributed by atoms with Crippen LogP contribution in [0.25, 0.3) is 10.8 Å². The van der Waals surface area contributed by atoms with Crippen molar-refractivity contribution in [1.29, 1.82) is 0 Å². The molecule has 2 atom stereocenters. The quantitative estimate of drug-likeness (QED) is 0.688. The molecule has 0 saturated carbocycles. The first-order valence-electron chi connectivity index (χ1n) is 5.47. The highest BCUT2D eigenvalue weighted by Gasteiger charge is 2.27. The Morgan fingerprint density at radius 2 is 1.93 bits per heavy atom. The van der Waals surface area contributed by atoms with Gasteiger partial charge in [-0.15, -0.1) is 0 Å². The molecule has 76 valence electrons. The van der Waals surface area contributed by atoms with Crippen molar-refractivity contribution in [3.63, 3.8) is 0 Å². The molecule has 15 heavy (non-hydrogen) atoms. The van der Waals surface area contributed by atoms with Crippen LogP contribution in [0.1, 0.15) is 36.5 Å². The Hall–Kier alpha value is -1.34. The van der Waals surface area contributed by atoms with Gasteiger partial charge in [0.1, 0.15) is 0 Å². The van der Waals surface area contributed by atoms with Gasteiger partial charge in [0.05, 0.1) is 6.10 Å². The monoisotopic (exact) mass is 198 g/mol. The highest BCUT2D eigenvalue weighted by atomic mass is 16.3. The Kier molecular flexibility index (Phi) is 1.83. The zero-order valence-electron chi connectivity index (χ0n) is 8.77. The second-order valence-corrected chi connectivity index (χ2v) is 4.44. The average molecular weight is 198 g/mol. The molecule has 0 aliphatic heterocycles. The van der Waals surface area contributed by atoms with E-state index in [0.717, 1.165) is 12.0 Å². The molecule has 0 spiro atoms. The molecule has 2 aromatic rings. The van der Waals surface area contributed by atoms with E-state index in [0.29, 0.717) is 5.92 Å². The Labute approximate surface area is 89.4 Å². The van der Waals surface area contributed by atoms with Crippen molar-refractivity contribution >= 4 is 10.8 Å². The molecule has 2 aromatic carbocycles. The molecule has 1 nitrogen and oxygen atoms in total. The summed E-state index contributed by atoms with van der Waals surface area (Å²) in [5.74, 6) is 0.486. The fourth-order valence-corrected chi connectivity index (χ4v) is 2.69. The molecule has 0 saturated heterocycles. The predicted octanol–water partition coefficient (Wildman–Crippen LogP) is 3.38. The second-order valence-electron chi connectivity index (χ2n) is 4.44. The number of aliphatic hydroxyl groups excluding tert-OH is 1. The highest BCUT2D eigenvalue weighted by molar-refractivity contribution is 5.87. The zero-order chi connectivity index (χ0) is 10.4. The van der Waals surface area contributed by atoms with Crippen LogP contribution < -0.4 is 0 Å². The maximum atomic E-state index is 10.0.